The molecule has 308 valence electrons. The van der Waals surface area contributed by atoms with E-state index in [9.17, 15) is 19.2 Å². The van der Waals surface area contributed by atoms with Gasteiger partial charge < -0.3 is 25.6 Å². The Hall–Kier alpha value is -3.46. The van der Waals surface area contributed by atoms with E-state index >= 15 is 0 Å². The van der Waals surface area contributed by atoms with Crippen LogP contribution in [-0.2, 0) is 23.9 Å². The van der Waals surface area contributed by atoms with E-state index in [4.69, 9.17) is 14.9 Å². The molecule has 0 spiro atoms. The maximum atomic E-state index is 12.6. The van der Waals surface area contributed by atoms with Gasteiger partial charge in [0.1, 0.15) is 12.1 Å². The quantitative estimate of drug-likeness (QED) is 0.0281. The molecule has 0 aliphatic rings. The van der Waals surface area contributed by atoms with E-state index < -0.39 is 24.5 Å². The lowest BCUT2D eigenvalue weighted by Crippen LogP contribution is -2.47. The number of hydrogen-bond donors (Lipinski definition) is 4. The molecule has 2 atom stereocenters. The average molecular weight is 757 g/mol. The van der Waals surface area contributed by atoms with Crippen LogP contribution in [0.3, 0.4) is 0 Å². The predicted octanol–water partition coefficient (Wildman–Crippen LogP) is 10.1. The number of amides is 2. The predicted molar refractivity (Wildman–Crippen MR) is 222 cm³/mol. The maximum absolute atomic E-state index is 12.6. The second-order valence-corrected chi connectivity index (χ2v) is 14.1. The van der Waals surface area contributed by atoms with E-state index in [1.54, 1.807) is 0 Å². The summed E-state index contributed by atoms with van der Waals surface area (Å²) < 4.78 is 5.92. The van der Waals surface area contributed by atoms with Crippen LogP contribution in [0.4, 0.5) is 0 Å². The number of hydrogen-bond acceptors (Lipinski definition) is 6. The summed E-state index contributed by atoms with van der Waals surface area (Å²) in [5.41, 5.74) is 0. The molecule has 9 nitrogen and oxygen atoms in total. The van der Waals surface area contributed by atoms with Gasteiger partial charge >= 0.3 is 11.9 Å². The Morgan fingerprint density at radius 2 is 1.06 bits per heavy atom. The van der Waals surface area contributed by atoms with Crippen molar-refractivity contribution < 1.29 is 34.1 Å². The Labute approximate surface area is 328 Å². The highest BCUT2D eigenvalue weighted by Crippen LogP contribution is 2.18. The first-order chi connectivity index (χ1) is 26.3. The van der Waals surface area contributed by atoms with Crippen molar-refractivity contribution >= 4 is 23.8 Å². The Morgan fingerprint density at radius 3 is 1.59 bits per heavy atom. The lowest BCUT2D eigenvalue weighted by Gasteiger charge is -2.18. The van der Waals surface area contributed by atoms with Crippen molar-refractivity contribution in [1.82, 2.24) is 10.6 Å². The van der Waals surface area contributed by atoms with Crippen LogP contribution in [0, 0.1) is 0 Å². The highest BCUT2D eigenvalue weighted by molar-refractivity contribution is 5.87. The minimum absolute atomic E-state index is 0.0484. The van der Waals surface area contributed by atoms with Gasteiger partial charge in [0.2, 0.25) is 11.8 Å². The Balaban J connectivity index is 3.98. The van der Waals surface area contributed by atoms with Gasteiger partial charge in [0.05, 0.1) is 13.2 Å². The number of aliphatic carboxylic acids is 1. The molecule has 0 fully saturated rings. The molecular formula is C45H76N2O7. The summed E-state index contributed by atoms with van der Waals surface area (Å²) in [5.74, 6) is -2.36. The number of unbranched alkanes of at least 4 members (excludes halogenated alkanes) is 13. The molecule has 54 heavy (non-hydrogen) atoms. The van der Waals surface area contributed by atoms with E-state index in [1.165, 1.54) is 38.5 Å². The van der Waals surface area contributed by atoms with Crippen molar-refractivity contribution in [3.8, 4) is 0 Å². The minimum atomic E-state index is -1.39. The van der Waals surface area contributed by atoms with Crippen LogP contribution in [0.25, 0.3) is 0 Å². The molecule has 4 N–H and O–H groups in total. The molecule has 0 rings (SSSR count). The SMILES string of the molecule is CC/C=C\C/C=C\C/C=C\C/C=C\C/C=C\CCCCCCCCCC(=O)OC(CCCCCC)CCCCCCC(=O)NCC(=O)NC(CO)C(=O)O. The van der Waals surface area contributed by atoms with E-state index in [2.05, 4.69) is 85.2 Å². The third-order valence-corrected chi connectivity index (χ3v) is 9.03. The lowest BCUT2D eigenvalue weighted by molar-refractivity contribution is -0.150. The largest absolute Gasteiger partial charge is 0.480 e. The van der Waals surface area contributed by atoms with E-state index in [-0.39, 0.29) is 30.9 Å². The van der Waals surface area contributed by atoms with Crippen molar-refractivity contribution in [2.24, 2.45) is 0 Å². The summed E-state index contributed by atoms with van der Waals surface area (Å²) in [6, 6.07) is -1.39. The number of carboxylic acid groups (broad SMARTS) is 1. The van der Waals surface area contributed by atoms with Crippen LogP contribution >= 0.6 is 0 Å². The molecule has 0 saturated carbocycles. The summed E-state index contributed by atoms with van der Waals surface area (Å²) in [6.07, 6.45) is 47.1. The van der Waals surface area contributed by atoms with Crippen LogP contribution < -0.4 is 10.6 Å². The van der Waals surface area contributed by atoms with Crippen LogP contribution in [0.2, 0.25) is 0 Å². The first-order valence-corrected chi connectivity index (χ1v) is 21.2. The van der Waals surface area contributed by atoms with Gasteiger partial charge in [-0.3, -0.25) is 14.4 Å². The molecule has 0 bridgehead atoms. The summed E-state index contributed by atoms with van der Waals surface area (Å²) in [7, 11) is 0. The van der Waals surface area contributed by atoms with Crippen molar-refractivity contribution in [2.75, 3.05) is 13.2 Å². The fraction of sp³-hybridized carbons (Fsp3) is 0.689. The molecule has 0 radical (unpaired) electrons. The summed E-state index contributed by atoms with van der Waals surface area (Å²) >= 11 is 0. The molecule has 0 aromatic heterocycles. The van der Waals surface area contributed by atoms with Crippen LogP contribution in [0.15, 0.2) is 60.8 Å². The molecule has 0 heterocycles. The smallest absolute Gasteiger partial charge is 0.328 e. The fourth-order valence-electron chi connectivity index (χ4n) is 5.80. The zero-order valence-corrected chi connectivity index (χ0v) is 34.0. The Morgan fingerprint density at radius 1 is 0.574 bits per heavy atom. The normalized spacial score (nSPS) is 13.1. The van der Waals surface area contributed by atoms with Crippen molar-refractivity contribution in [3.63, 3.8) is 0 Å². The van der Waals surface area contributed by atoms with Gasteiger partial charge in [-0.2, -0.15) is 0 Å². The fourth-order valence-corrected chi connectivity index (χ4v) is 5.80. The molecule has 0 aromatic carbocycles. The van der Waals surface area contributed by atoms with Gasteiger partial charge in [0.25, 0.3) is 0 Å². The molecule has 9 heteroatoms. The number of esters is 1. The second kappa shape index (κ2) is 39.2. The number of carbonyl (C=O) groups excluding carboxylic acids is 3. The summed E-state index contributed by atoms with van der Waals surface area (Å²) in [6.45, 7) is 3.29. The zero-order valence-electron chi connectivity index (χ0n) is 34.0. The van der Waals surface area contributed by atoms with Gasteiger partial charge in [-0.05, 0) is 83.5 Å². The second-order valence-electron chi connectivity index (χ2n) is 14.1. The molecule has 2 unspecified atom stereocenters. The number of aliphatic hydroxyl groups excluding tert-OH is 1. The summed E-state index contributed by atoms with van der Waals surface area (Å²) in [4.78, 5) is 47.3. The van der Waals surface area contributed by atoms with Crippen LogP contribution in [0.5, 0.6) is 0 Å². The number of carboxylic acids is 1. The first-order valence-electron chi connectivity index (χ1n) is 21.2. The number of carbonyl (C=O) groups is 4. The molecule has 0 aliphatic heterocycles. The van der Waals surface area contributed by atoms with E-state index in [0.717, 1.165) is 103 Å². The number of ether oxygens (including phenoxy) is 1. The zero-order chi connectivity index (χ0) is 39.7. The Bertz CT molecular complexity index is 1100. The molecule has 0 saturated heterocycles. The number of allylic oxidation sites excluding steroid dienone is 10. The van der Waals surface area contributed by atoms with E-state index in [1.807, 2.05) is 0 Å². The number of aliphatic hydroxyl groups is 1. The molecule has 0 aromatic rings. The summed E-state index contributed by atoms with van der Waals surface area (Å²) in [5, 5.41) is 22.5. The standard InChI is InChI=1S/C45H76N2O7/c1-3-5-7-9-10-11-12-13-14-15-16-17-18-19-20-21-22-23-24-25-26-27-33-37-44(51)54-40(34-30-8-6-4-2)35-31-28-29-32-36-42(49)46-38-43(50)47-41(39-48)45(52)53/h5,7,10-11,13-14,16-17,19-20,40-41,48H,3-4,6,8-9,12,15,18,21-39H2,1-2H3,(H,46,49)(H,47,50)(H,52,53)/b7-5-,11-10-,14-13-,17-16-,20-19-. The molecular weight excluding hydrogens is 681 g/mol. The number of rotatable bonds is 37. The monoisotopic (exact) mass is 757 g/mol. The third-order valence-electron chi connectivity index (χ3n) is 9.03. The highest BCUT2D eigenvalue weighted by Gasteiger charge is 2.19. The third kappa shape index (κ3) is 35.6. The maximum Gasteiger partial charge on any atom is 0.328 e. The highest BCUT2D eigenvalue weighted by atomic mass is 16.5. The number of nitrogens with one attached hydrogen (secondary N) is 2. The molecule has 0 aliphatic carbocycles. The van der Waals surface area contributed by atoms with Crippen molar-refractivity contribution in [2.45, 2.75) is 187 Å². The van der Waals surface area contributed by atoms with Gasteiger partial charge in [-0.1, -0.05) is 139 Å². The van der Waals surface area contributed by atoms with E-state index in [0.29, 0.717) is 12.8 Å². The van der Waals surface area contributed by atoms with Gasteiger partial charge in [0, 0.05) is 12.8 Å². The molecule has 2 amide bonds. The van der Waals surface area contributed by atoms with Gasteiger partial charge in [0.15, 0.2) is 0 Å². The van der Waals surface area contributed by atoms with Gasteiger partial charge in [-0.15, -0.1) is 0 Å². The van der Waals surface area contributed by atoms with Crippen LogP contribution in [0.1, 0.15) is 174 Å². The first kappa shape index (κ1) is 50.5. The van der Waals surface area contributed by atoms with Crippen molar-refractivity contribution in [3.05, 3.63) is 60.8 Å². The van der Waals surface area contributed by atoms with Crippen molar-refractivity contribution in [1.29, 1.82) is 0 Å². The topological polar surface area (TPSA) is 142 Å². The Kier molecular flexibility index (Phi) is 36.7. The lowest BCUT2D eigenvalue weighted by atomic mass is 10.0. The van der Waals surface area contributed by atoms with Crippen LogP contribution in [-0.4, -0.2) is 59.3 Å². The minimum Gasteiger partial charge on any atom is -0.480 e. The average Bonchev–Trinajstić information content (AvgIpc) is 3.16. The van der Waals surface area contributed by atoms with Gasteiger partial charge in [-0.25, -0.2) is 4.79 Å².